The summed E-state index contributed by atoms with van der Waals surface area (Å²) in [5, 5.41) is 15.5. The Balaban J connectivity index is 2.07. The van der Waals surface area contributed by atoms with E-state index >= 15 is 0 Å². The molecule has 1 N–H and O–H groups in total. The van der Waals surface area contributed by atoms with E-state index in [1.54, 1.807) is 0 Å². The summed E-state index contributed by atoms with van der Waals surface area (Å²) in [6, 6.07) is 41.6. The van der Waals surface area contributed by atoms with Crippen LogP contribution >= 0.6 is 7.26 Å². The normalized spacial score (nSPS) is 13.1. The van der Waals surface area contributed by atoms with Crippen LogP contribution in [-0.4, -0.2) is 5.11 Å². The Kier molecular flexibility index (Phi) is 5.16. The van der Waals surface area contributed by atoms with Gasteiger partial charge in [0.05, 0.1) is 0 Å². The first-order valence-corrected chi connectivity index (χ1v) is 11.3. The minimum absolute atomic E-state index is 0.592. The Morgan fingerprint density at radius 1 is 0.444 bits per heavy atom. The molecule has 0 amide bonds. The Bertz CT molecular complexity index is 873. The standard InChI is InChI=1S/C25H23OP/c26-25(21-13-5-1-6-14-21)27(22-15-7-2-8-16-22,23-17-9-3-10-18-23)24-19-11-4-12-20-24/h1-20,25-27H. The van der Waals surface area contributed by atoms with Gasteiger partial charge in [0.2, 0.25) is 0 Å². The van der Waals surface area contributed by atoms with Crippen molar-refractivity contribution in [3.63, 3.8) is 0 Å². The topological polar surface area (TPSA) is 20.2 Å². The van der Waals surface area contributed by atoms with E-state index in [4.69, 9.17) is 0 Å². The first kappa shape index (κ1) is 17.7. The van der Waals surface area contributed by atoms with Crippen LogP contribution in [0.15, 0.2) is 121 Å². The number of aliphatic hydroxyl groups excluding tert-OH is 1. The predicted octanol–water partition coefficient (Wildman–Crippen LogP) is 4.40. The summed E-state index contributed by atoms with van der Waals surface area (Å²) in [6.45, 7) is 0. The van der Waals surface area contributed by atoms with Gasteiger partial charge >= 0.3 is 161 Å². The third-order valence-corrected chi connectivity index (χ3v) is 10.1. The third-order valence-electron chi connectivity index (χ3n) is 5.21. The Labute approximate surface area is 161 Å². The van der Waals surface area contributed by atoms with E-state index in [1.807, 2.05) is 48.5 Å². The minimum atomic E-state index is -2.71. The van der Waals surface area contributed by atoms with Gasteiger partial charge in [-0.05, 0) is 0 Å². The second-order valence-electron chi connectivity index (χ2n) is 6.72. The van der Waals surface area contributed by atoms with Crippen LogP contribution in [0.3, 0.4) is 0 Å². The maximum absolute atomic E-state index is 11.9. The van der Waals surface area contributed by atoms with Crippen LogP contribution in [-0.2, 0) is 0 Å². The summed E-state index contributed by atoms with van der Waals surface area (Å²) in [7, 11) is -2.71. The fourth-order valence-electron chi connectivity index (χ4n) is 3.96. The summed E-state index contributed by atoms with van der Waals surface area (Å²) in [6.07, 6.45) is 0. The zero-order valence-corrected chi connectivity index (χ0v) is 16.1. The average molecular weight is 370 g/mol. The molecule has 0 radical (unpaired) electrons. The van der Waals surface area contributed by atoms with E-state index in [1.165, 1.54) is 15.9 Å². The molecule has 1 unspecified atom stereocenters. The summed E-state index contributed by atoms with van der Waals surface area (Å²) in [4.78, 5) is 0. The van der Waals surface area contributed by atoms with Gasteiger partial charge in [-0.25, -0.2) is 0 Å². The van der Waals surface area contributed by atoms with Crippen LogP contribution in [0.5, 0.6) is 0 Å². The van der Waals surface area contributed by atoms with Gasteiger partial charge in [0.15, 0.2) is 0 Å². The van der Waals surface area contributed by atoms with E-state index in [0.717, 1.165) is 5.56 Å². The van der Waals surface area contributed by atoms with Crippen LogP contribution in [0.4, 0.5) is 0 Å². The summed E-state index contributed by atoms with van der Waals surface area (Å²) < 4.78 is 0. The number of rotatable bonds is 5. The first-order valence-electron chi connectivity index (χ1n) is 9.23. The first-order chi connectivity index (χ1) is 13.3. The van der Waals surface area contributed by atoms with Crippen molar-refractivity contribution >= 4 is 23.2 Å². The van der Waals surface area contributed by atoms with Crippen molar-refractivity contribution < 1.29 is 5.11 Å². The van der Waals surface area contributed by atoms with Crippen LogP contribution in [0.25, 0.3) is 0 Å². The van der Waals surface area contributed by atoms with Gasteiger partial charge in [0.1, 0.15) is 0 Å². The fraction of sp³-hybridized carbons (Fsp3) is 0.0400. The van der Waals surface area contributed by atoms with Gasteiger partial charge in [0, 0.05) is 0 Å². The molecule has 4 aromatic carbocycles. The molecule has 0 saturated carbocycles. The molecule has 134 valence electrons. The van der Waals surface area contributed by atoms with Crippen LogP contribution in [0, 0.1) is 0 Å². The molecule has 2 heteroatoms. The number of hydrogen-bond donors (Lipinski definition) is 1. The molecule has 0 saturated heterocycles. The molecule has 0 aliphatic rings. The van der Waals surface area contributed by atoms with E-state index in [-0.39, 0.29) is 0 Å². The second kappa shape index (κ2) is 7.88. The second-order valence-corrected chi connectivity index (χ2v) is 10.6. The van der Waals surface area contributed by atoms with Gasteiger partial charge in [-0.3, -0.25) is 0 Å². The molecule has 0 fully saturated rings. The molecule has 1 atom stereocenters. The Morgan fingerprint density at radius 2 is 0.741 bits per heavy atom. The van der Waals surface area contributed by atoms with Gasteiger partial charge in [-0.2, -0.15) is 0 Å². The van der Waals surface area contributed by atoms with Crippen molar-refractivity contribution in [2.24, 2.45) is 0 Å². The fourth-order valence-corrected chi connectivity index (χ4v) is 8.76. The third kappa shape index (κ3) is 3.21. The van der Waals surface area contributed by atoms with Crippen molar-refractivity contribution in [1.29, 1.82) is 0 Å². The van der Waals surface area contributed by atoms with Crippen molar-refractivity contribution in [3.8, 4) is 0 Å². The van der Waals surface area contributed by atoms with E-state index in [2.05, 4.69) is 72.8 Å². The molecule has 0 aliphatic heterocycles. The molecule has 0 bridgehead atoms. The molecule has 0 spiro atoms. The Hall–Kier alpha value is -2.73. The van der Waals surface area contributed by atoms with E-state index in [9.17, 15) is 5.11 Å². The van der Waals surface area contributed by atoms with Crippen LogP contribution in [0.1, 0.15) is 11.4 Å². The molecule has 1 nitrogen and oxygen atoms in total. The summed E-state index contributed by atoms with van der Waals surface area (Å²) in [5.41, 5.74) is 0.959. The molecular weight excluding hydrogens is 347 g/mol. The molecule has 0 aliphatic carbocycles. The summed E-state index contributed by atoms with van der Waals surface area (Å²) >= 11 is 0. The number of benzene rings is 4. The number of hydrogen-bond acceptors (Lipinski definition) is 1. The monoisotopic (exact) mass is 370 g/mol. The molecular formula is C25H23OP. The van der Waals surface area contributed by atoms with Gasteiger partial charge in [-0.15, -0.1) is 0 Å². The zero-order valence-electron chi connectivity index (χ0n) is 15.1. The SMILES string of the molecule is OC(c1ccccc1)[PH](c1ccccc1)(c1ccccc1)c1ccccc1. The van der Waals surface area contributed by atoms with Crippen LogP contribution in [0.2, 0.25) is 0 Å². The van der Waals surface area contributed by atoms with Crippen molar-refractivity contribution in [1.82, 2.24) is 0 Å². The van der Waals surface area contributed by atoms with Gasteiger partial charge in [-0.1, -0.05) is 0 Å². The molecule has 4 aromatic rings. The van der Waals surface area contributed by atoms with Crippen molar-refractivity contribution in [2.75, 3.05) is 0 Å². The average Bonchev–Trinajstić information content (AvgIpc) is 2.77. The van der Waals surface area contributed by atoms with E-state index in [0.29, 0.717) is 0 Å². The van der Waals surface area contributed by atoms with Crippen molar-refractivity contribution in [2.45, 2.75) is 5.85 Å². The van der Waals surface area contributed by atoms with Crippen molar-refractivity contribution in [3.05, 3.63) is 127 Å². The zero-order chi connectivity index (χ0) is 18.5. The molecule has 27 heavy (non-hydrogen) atoms. The van der Waals surface area contributed by atoms with Crippen LogP contribution < -0.4 is 15.9 Å². The number of aliphatic hydroxyl groups is 1. The van der Waals surface area contributed by atoms with E-state index < -0.39 is 13.1 Å². The maximum atomic E-state index is 11.9. The molecule has 4 rings (SSSR count). The molecule has 0 heterocycles. The van der Waals surface area contributed by atoms with Gasteiger partial charge < -0.3 is 0 Å². The van der Waals surface area contributed by atoms with Gasteiger partial charge in [0.25, 0.3) is 0 Å². The Morgan fingerprint density at radius 3 is 1.07 bits per heavy atom. The summed E-state index contributed by atoms with van der Waals surface area (Å²) in [5.74, 6) is -0.592. The predicted molar refractivity (Wildman–Crippen MR) is 118 cm³/mol. The molecule has 0 aromatic heterocycles. The quantitative estimate of drug-likeness (QED) is 0.516.